The van der Waals surface area contributed by atoms with Crippen LogP contribution in [0, 0.1) is 6.92 Å². The van der Waals surface area contributed by atoms with Gasteiger partial charge in [0.25, 0.3) is 0 Å². The van der Waals surface area contributed by atoms with Crippen molar-refractivity contribution in [3.05, 3.63) is 30.4 Å². The van der Waals surface area contributed by atoms with Crippen LogP contribution in [0.25, 0.3) is 16.7 Å². The summed E-state index contributed by atoms with van der Waals surface area (Å²) in [7, 11) is 1.60. The molecule has 8 heteroatoms. The quantitative estimate of drug-likeness (QED) is 0.773. The Morgan fingerprint density at radius 3 is 2.80 bits per heavy atom. The lowest BCUT2D eigenvalue weighted by Crippen LogP contribution is -2.34. The van der Waals surface area contributed by atoms with Crippen LogP contribution in [0.3, 0.4) is 0 Å². The molecule has 0 aliphatic carbocycles. The largest absolute Gasteiger partial charge is 0.481 e. The lowest BCUT2D eigenvalue weighted by molar-refractivity contribution is 0.158. The summed E-state index contributed by atoms with van der Waals surface area (Å²) in [5.41, 5.74) is 2.36. The molecule has 8 nitrogen and oxygen atoms in total. The van der Waals surface area contributed by atoms with Gasteiger partial charge in [-0.15, -0.1) is 0 Å². The highest BCUT2D eigenvalue weighted by Crippen LogP contribution is 2.26. The van der Waals surface area contributed by atoms with Gasteiger partial charge in [0.1, 0.15) is 17.8 Å². The monoisotopic (exact) mass is 340 g/mol. The Hall–Kier alpha value is -2.74. The van der Waals surface area contributed by atoms with E-state index in [0.29, 0.717) is 17.4 Å². The molecular weight excluding hydrogens is 320 g/mol. The minimum atomic E-state index is 0.173. The standard InChI is InChI=1S/C17H20N6O2/c1-11-14(3-4-15(22-11)24-2)23-16-13(9-21-23)17(20-10-19-16)25-12-5-7-18-8-6-12/h3-4,9-10,12,18H,5-8H2,1-2H3. The lowest BCUT2D eigenvalue weighted by Gasteiger charge is -2.23. The van der Waals surface area contributed by atoms with Crippen LogP contribution < -0.4 is 14.8 Å². The third-order valence-corrected chi connectivity index (χ3v) is 4.36. The maximum Gasteiger partial charge on any atom is 0.228 e. The Labute approximate surface area is 145 Å². The van der Waals surface area contributed by atoms with E-state index in [2.05, 4.69) is 25.4 Å². The molecule has 1 aliphatic heterocycles. The molecule has 1 saturated heterocycles. The molecule has 3 aromatic heterocycles. The van der Waals surface area contributed by atoms with E-state index in [1.165, 1.54) is 6.33 Å². The highest BCUT2D eigenvalue weighted by Gasteiger charge is 2.19. The van der Waals surface area contributed by atoms with Crippen molar-refractivity contribution in [3.63, 3.8) is 0 Å². The van der Waals surface area contributed by atoms with Crippen molar-refractivity contribution in [1.82, 2.24) is 30.0 Å². The Morgan fingerprint density at radius 2 is 2.04 bits per heavy atom. The van der Waals surface area contributed by atoms with Gasteiger partial charge in [-0.2, -0.15) is 5.10 Å². The predicted molar refractivity (Wildman–Crippen MR) is 92.3 cm³/mol. The fourth-order valence-corrected chi connectivity index (χ4v) is 3.03. The van der Waals surface area contributed by atoms with Crippen LogP contribution >= 0.6 is 0 Å². The molecule has 1 N–H and O–H groups in total. The summed E-state index contributed by atoms with van der Waals surface area (Å²) in [4.78, 5) is 13.1. The van der Waals surface area contributed by atoms with Crippen LogP contribution in [0.2, 0.25) is 0 Å². The molecule has 0 bridgehead atoms. The highest BCUT2D eigenvalue weighted by molar-refractivity contribution is 5.81. The highest BCUT2D eigenvalue weighted by atomic mass is 16.5. The van der Waals surface area contributed by atoms with Gasteiger partial charge in [0.05, 0.1) is 24.7 Å². The summed E-state index contributed by atoms with van der Waals surface area (Å²) >= 11 is 0. The molecule has 4 heterocycles. The first-order valence-corrected chi connectivity index (χ1v) is 8.34. The topological polar surface area (TPSA) is 87.0 Å². The minimum absolute atomic E-state index is 0.173. The first-order chi connectivity index (χ1) is 12.3. The molecule has 0 saturated carbocycles. The summed E-state index contributed by atoms with van der Waals surface area (Å²) < 4.78 is 13.0. The van der Waals surface area contributed by atoms with E-state index in [-0.39, 0.29) is 6.10 Å². The number of ether oxygens (including phenoxy) is 2. The van der Waals surface area contributed by atoms with Crippen molar-refractivity contribution in [1.29, 1.82) is 0 Å². The van der Waals surface area contributed by atoms with Gasteiger partial charge in [-0.05, 0) is 38.9 Å². The molecule has 0 spiro atoms. The van der Waals surface area contributed by atoms with E-state index in [1.807, 2.05) is 19.1 Å². The number of pyridine rings is 1. The van der Waals surface area contributed by atoms with E-state index in [0.717, 1.165) is 42.7 Å². The molecule has 130 valence electrons. The van der Waals surface area contributed by atoms with Crippen LogP contribution in [-0.2, 0) is 0 Å². The average molecular weight is 340 g/mol. The summed E-state index contributed by atoms with van der Waals surface area (Å²) in [6, 6.07) is 3.73. The summed E-state index contributed by atoms with van der Waals surface area (Å²) in [5, 5.41) is 8.61. The van der Waals surface area contributed by atoms with Gasteiger partial charge in [0.2, 0.25) is 11.8 Å². The maximum absolute atomic E-state index is 6.10. The summed E-state index contributed by atoms with van der Waals surface area (Å²) in [6.07, 6.45) is 5.38. The summed E-state index contributed by atoms with van der Waals surface area (Å²) in [5.74, 6) is 1.16. The van der Waals surface area contributed by atoms with Gasteiger partial charge in [-0.25, -0.2) is 19.6 Å². The lowest BCUT2D eigenvalue weighted by atomic mass is 10.1. The van der Waals surface area contributed by atoms with Gasteiger partial charge in [-0.3, -0.25) is 0 Å². The van der Waals surface area contributed by atoms with Gasteiger partial charge < -0.3 is 14.8 Å². The van der Waals surface area contributed by atoms with Crippen molar-refractivity contribution >= 4 is 11.0 Å². The zero-order valence-corrected chi connectivity index (χ0v) is 14.3. The van der Waals surface area contributed by atoms with Crippen LogP contribution in [0.4, 0.5) is 0 Å². The first-order valence-electron chi connectivity index (χ1n) is 8.34. The summed E-state index contributed by atoms with van der Waals surface area (Å²) in [6.45, 7) is 3.85. The Balaban J connectivity index is 1.71. The first kappa shape index (κ1) is 15.8. The van der Waals surface area contributed by atoms with Crippen LogP contribution in [-0.4, -0.2) is 51.0 Å². The normalized spacial score (nSPS) is 15.4. The van der Waals surface area contributed by atoms with Gasteiger partial charge in [0, 0.05) is 6.07 Å². The number of aryl methyl sites for hydroxylation is 1. The number of methoxy groups -OCH3 is 1. The molecule has 0 atom stereocenters. The molecule has 3 aromatic rings. The zero-order valence-electron chi connectivity index (χ0n) is 14.3. The number of hydrogen-bond donors (Lipinski definition) is 1. The molecule has 0 radical (unpaired) electrons. The number of aromatic nitrogens is 5. The van der Waals surface area contributed by atoms with Crippen molar-refractivity contribution in [2.24, 2.45) is 0 Å². The smallest absolute Gasteiger partial charge is 0.228 e. The molecule has 25 heavy (non-hydrogen) atoms. The number of nitrogens with zero attached hydrogens (tertiary/aromatic N) is 5. The molecule has 0 amide bonds. The maximum atomic E-state index is 6.10. The average Bonchev–Trinajstić information content (AvgIpc) is 3.07. The SMILES string of the molecule is COc1ccc(-n2ncc3c(OC4CCNCC4)ncnc32)c(C)n1. The van der Waals surface area contributed by atoms with E-state index in [9.17, 15) is 0 Å². The zero-order chi connectivity index (χ0) is 17.2. The van der Waals surface area contributed by atoms with Gasteiger partial charge in [0.15, 0.2) is 5.65 Å². The minimum Gasteiger partial charge on any atom is -0.481 e. The van der Waals surface area contributed by atoms with Gasteiger partial charge >= 0.3 is 0 Å². The predicted octanol–water partition coefficient (Wildman–Crippen LogP) is 1.66. The number of fused-ring (bicyclic) bond motifs is 1. The fraction of sp³-hybridized carbons (Fsp3) is 0.412. The van der Waals surface area contributed by atoms with Crippen molar-refractivity contribution in [2.45, 2.75) is 25.9 Å². The second kappa shape index (κ2) is 6.64. The van der Waals surface area contributed by atoms with Crippen molar-refractivity contribution < 1.29 is 9.47 Å². The Bertz CT molecular complexity index is 888. The fourth-order valence-electron chi connectivity index (χ4n) is 3.03. The Morgan fingerprint density at radius 1 is 1.20 bits per heavy atom. The van der Waals surface area contributed by atoms with E-state index >= 15 is 0 Å². The third-order valence-electron chi connectivity index (χ3n) is 4.36. The van der Waals surface area contributed by atoms with E-state index in [4.69, 9.17) is 9.47 Å². The van der Waals surface area contributed by atoms with Gasteiger partial charge in [-0.1, -0.05) is 0 Å². The number of nitrogens with one attached hydrogen (secondary N) is 1. The number of hydrogen-bond acceptors (Lipinski definition) is 7. The van der Waals surface area contributed by atoms with E-state index < -0.39 is 0 Å². The third kappa shape index (κ3) is 3.00. The van der Waals surface area contributed by atoms with Crippen molar-refractivity contribution in [2.75, 3.05) is 20.2 Å². The molecule has 4 rings (SSSR count). The molecule has 0 unspecified atom stereocenters. The second-order valence-electron chi connectivity index (χ2n) is 6.00. The van der Waals surface area contributed by atoms with Crippen LogP contribution in [0.15, 0.2) is 24.7 Å². The molecule has 0 aromatic carbocycles. The van der Waals surface area contributed by atoms with Crippen molar-refractivity contribution in [3.8, 4) is 17.4 Å². The van der Waals surface area contributed by atoms with Crippen LogP contribution in [0.5, 0.6) is 11.8 Å². The molecular formula is C17H20N6O2. The molecule has 1 fully saturated rings. The van der Waals surface area contributed by atoms with Crippen LogP contribution in [0.1, 0.15) is 18.5 Å². The molecule has 1 aliphatic rings. The number of rotatable bonds is 4. The Kier molecular flexibility index (Phi) is 4.19. The van der Waals surface area contributed by atoms with E-state index in [1.54, 1.807) is 18.0 Å². The number of piperidine rings is 1. The second-order valence-corrected chi connectivity index (χ2v) is 6.00.